The summed E-state index contributed by atoms with van der Waals surface area (Å²) >= 11 is 1.51. The SMILES string of the molecule is OCC#Cc1ccc(OCCSc2ncco2)cc1. The first-order chi connectivity index (χ1) is 9.38. The molecule has 0 aliphatic carbocycles. The lowest BCUT2D eigenvalue weighted by Gasteiger charge is -2.04. The van der Waals surface area contributed by atoms with Gasteiger partial charge in [-0.15, -0.1) is 0 Å². The van der Waals surface area contributed by atoms with E-state index < -0.39 is 0 Å². The van der Waals surface area contributed by atoms with Crippen molar-refractivity contribution >= 4 is 11.8 Å². The zero-order valence-corrected chi connectivity index (χ0v) is 11.0. The molecule has 0 saturated heterocycles. The second-order valence-corrected chi connectivity index (χ2v) is 4.53. The van der Waals surface area contributed by atoms with E-state index in [-0.39, 0.29) is 6.61 Å². The number of aliphatic hydroxyl groups is 1. The fourth-order valence-corrected chi connectivity index (χ4v) is 1.95. The maximum atomic E-state index is 8.59. The van der Waals surface area contributed by atoms with Crippen molar-refractivity contribution in [2.75, 3.05) is 19.0 Å². The molecule has 2 rings (SSSR count). The molecule has 0 fully saturated rings. The Morgan fingerprint density at radius 1 is 1.32 bits per heavy atom. The largest absolute Gasteiger partial charge is 0.493 e. The summed E-state index contributed by atoms with van der Waals surface area (Å²) < 4.78 is 10.7. The summed E-state index contributed by atoms with van der Waals surface area (Å²) in [6.45, 7) is 0.449. The summed E-state index contributed by atoms with van der Waals surface area (Å²) in [6.07, 6.45) is 3.17. The number of rotatable bonds is 5. The Labute approximate surface area is 115 Å². The monoisotopic (exact) mass is 275 g/mol. The standard InChI is InChI=1S/C14H13NO3S/c16-8-1-2-12-3-5-13(6-4-12)17-10-11-19-14-15-7-9-18-14/h3-7,9,16H,8,10-11H2. The van der Waals surface area contributed by atoms with Crippen molar-refractivity contribution in [3.63, 3.8) is 0 Å². The van der Waals surface area contributed by atoms with Gasteiger partial charge in [-0.3, -0.25) is 0 Å². The highest BCUT2D eigenvalue weighted by Gasteiger charge is 1.99. The molecule has 0 saturated carbocycles. The first-order valence-corrected chi connectivity index (χ1v) is 6.72. The van der Waals surface area contributed by atoms with Gasteiger partial charge < -0.3 is 14.3 Å². The Hall–Kier alpha value is -1.90. The molecule has 0 unspecified atom stereocenters. The molecular formula is C14H13NO3S. The molecule has 98 valence electrons. The first kappa shape index (κ1) is 13.5. The van der Waals surface area contributed by atoms with E-state index in [0.717, 1.165) is 17.1 Å². The third kappa shape index (κ3) is 4.70. The van der Waals surface area contributed by atoms with Crippen LogP contribution in [0.25, 0.3) is 0 Å². The van der Waals surface area contributed by atoms with Gasteiger partial charge in [0.25, 0.3) is 5.22 Å². The molecule has 0 aliphatic heterocycles. The quantitative estimate of drug-likeness (QED) is 0.515. The van der Waals surface area contributed by atoms with Crippen molar-refractivity contribution in [3.05, 3.63) is 42.3 Å². The van der Waals surface area contributed by atoms with E-state index in [1.165, 1.54) is 11.8 Å². The first-order valence-electron chi connectivity index (χ1n) is 5.73. The Morgan fingerprint density at radius 3 is 2.84 bits per heavy atom. The Bertz CT molecular complexity index is 540. The third-order valence-corrected chi connectivity index (χ3v) is 2.97. The molecular weight excluding hydrogens is 262 g/mol. The Kier molecular flexibility index (Phi) is 5.35. The Morgan fingerprint density at radius 2 is 2.16 bits per heavy atom. The molecule has 5 heteroatoms. The number of aliphatic hydroxyl groups excluding tert-OH is 1. The molecule has 1 aromatic carbocycles. The van der Waals surface area contributed by atoms with Crippen LogP contribution in [0.1, 0.15) is 5.56 Å². The fourth-order valence-electron chi connectivity index (χ4n) is 1.35. The highest BCUT2D eigenvalue weighted by molar-refractivity contribution is 7.99. The highest BCUT2D eigenvalue weighted by atomic mass is 32.2. The average Bonchev–Trinajstić information content (AvgIpc) is 2.96. The van der Waals surface area contributed by atoms with Crippen LogP contribution < -0.4 is 4.74 Å². The minimum Gasteiger partial charge on any atom is -0.493 e. The topological polar surface area (TPSA) is 55.5 Å². The van der Waals surface area contributed by atoms with Crippen molar-refractivity contribution in [1.29, 1.82) is 0 Å². The molecule has 1 heterocycles. The van der Waals surface area contributed by atoms with Gasteiger partial charge in [0.15, 0.2) is 0 Å². The van der Waals surface area contributed by atoms with Gasteiger partial charge in [-0.2, -0.15) is 0 Å². The van der Waals surface area contributed by atoms with Crippen LogP contribution in [0, 0.1) is 11.8 Å². The van der Waals surface area contributed by atoms with Gasteiger partial charge in [-0.1, -0.05) is 23.6 Å². The molecule has 1 N–H and O–H groups in total. The number of hydrogen-bond donors (Lipinski definition) is 1. The predicted octanol–water partition coefficient (Wildman–Crippen LogP) is 2.19. The van der Waals surface area contributed by atoms with E-state index in [1.54, 1.807) is 12.5 Å². The molecule has 0 radical (unpaired) electrons. The van der Waals surface area contributed by atoms with E-state index in [2.05, 4.69) is 16.8 Å². The predicted molar refractivity (Wildman–Crippen MR) is 73.1 cm³/mol. The molecule has 2 aromatic rings. The molecule has 4 nitrogen and oxygen atoms in total. The number of thioether (sulfide) groups is 1. The average molecular weight is 275 g/mol. The van der Waals surface area contributed by atoms with E-state index in [1.807, 2.05) is 24.3 Å². The zero-order valence-electron chi connectivity index (χ0n) is 10.2. The maximum absolute atomic E-state index is 8.59. The zero-order chi connectivity index (χ0) is 13.3. The molecule has 0 aliphatic rings. The summed E-state index contributed by atoms with van der Waals surface area (Å²) in [6, 6.07) is 7.44. The maximum Gasteiger partial charge on any atom is 0.255 e. The molecule has 0 atom stereocenters. The summed E-state index contributed by atoms with van der Waals surface area (Å²) in [4.78, 5) is 4.01. The summed E-state index contributed by atoms with van der Waals surface area (Å²) in [5, 5.41) is 9.24. The van der Waals surface area contributed by atoms with Crippen molar-refractivity contribution in [1.82, 2.24) is 4.98 Å². The minimum absolute atomic E-state index is 0.129. The van der Waals surface area contributed by atoms with Crippen LogP contribution in [-0.4, -0.2) is 29.1 Å². The van der Waals surface area contributed by atoms with E-state index in [4.69, 9.17) is 14.3 Å². The van der Waals surface area contributed by atoms with Gasteiger partial charge in [-0.25, -0.2) is 4.98 Å². The van der Waals surface area contributed by atoms with E-state index in [0.29, 0.717) is 11.8 Å². The van der Waals surface area contributed by atoms with Gasteiger partial charge >= 0.3 is 0 Å². The second-order valence-electron chi connectivity index (χ2n) is 3.48. The van der Waals surface area contributed by atoms with Crippen molar-refractivity contribution in [2.45, 2.75) is 5.22 Å². The van der Waals surface area contributed by atoms with Gasteiger partial charge in [0.05, 0.1) is 12.8 Å². The summed E-state index contributed by atoms with van der Waals surface area (Å²) in [5.74, 6) is 6.99. The lowest BCUT2D eigenvalue weighted by atomic mass is 10.2. The number of benzene rings is 1. The summed E-state index contributed by atoms with van der Waals surface area (Å²) in [7, 11) is 0. The van der Waals surface area contributed by atoms with Crippen LogP contribution >= 0.6 is 11.8 Å². The van der Waals surface area contributed by atoms with Crippen LogP contribution in [0.4, 0.5) is 0 Å². The van der Waals surface area contributed by atoms with Crippen LogP contribution in [0.5, 0.6) is 5.75 Å². The van der Waals surface area contributed by atoms with E-state index >= 15 is 0 Å². The Balaban J connectivity index is 1.74. The van der Waals surface area contributed by atoms with Crippen LogP contribution in [-0.2, 0) is 0 Å². The van der Waals surface area contributed by atoms with Crippen molar-refractivity contribution in [3.8, 4) is 17.6 Å². The second kappa shape index (κ2) is 7.52. The normalized spacial score (nSPS) is 9.74. The fraction of sp³-hybridized carbons (Fsp3) is 0.214. The summed E-state index contributed by atoms with van der Waals surface area (Å²) in [5.41, 5.74) is 0.857. The number of nitrogens with zero attached hydrogens (tertiary/aromatic N) is 1. The smallest absolute Gasteiger partial charge is 0.255 e. The van der Waals surface area contributed by atoms with Gasteiger partial charge in [0, 0.05) is 11.3 Å². The van der Waals surface area contributed by atoms with Crippen molar-refractivity contribution < 1.29 is 14.3 Å². The molecule has 0 amide bonds. The molecule has 1 aromatic heterocycles. The van der Waals surface area contributed by atoms with Gasteiger partial charge in [-0.05, 0) is 24.3 Å². The molecule has 0 spiro atoms. The third-order valence-electron chi connectivity index (χ3n) is 2.15. The van der Waals surface area contributed by atoms with Crippen LogP contribution in [0.3, 0.4) is 0 Å². The van der Waals surface area contributed by atoms with Gasteiger partial charge in [0.2, 0.25) is 0 Å². The molecule has 0 bridgehead atoms. The number of oxazole rings is 1. The number of aromatic nitrogens is 1. The van der Waals surface area contributed by atoms with Crippen LogP contribution in [0.15, 0.2) is 46.4 Å². The van der Waals surface area contributed by atoms with Crippen molar-refractivity contribution in [2.24, 2.45) is 0 Å². The number of ether oxygens (including phenoxy) is 1. The van der Waals surface area contributed by atoms with Gasteiger partial charge in [0.1, 0.15) is 18.6 Å². The lowest BCUT2D eigenvalue weighted by Crippen LogP contribution is -1.99. The van der Waals surface area contributed by atoms with E-state index in [9.17, 15) is 0 Å². The number of hydrogen-bond acceptors (Lipinski definition) is 5. The lowest BCUT2D eigenvalue weighted by molar-refractivity contribution is 0.343. The molecule has 19 heavy (non-hydrogen) atoms. The highest BCUT2D eigenvalue weighted by Crippen LogP contribution is 2.16. The minimum atomic E-state index is -0.129. The van der Waals surface area contributed by atoms with Crippen LogP contribution in [0.2, 0.25) is 0 Å².